The van der Waals surface area contributed by atoms with Crippen LogP contribution in [-0.2, 0) is 0 Å². The molecule has 1 aliphatic rings. The fourth-order valence-electron chi connectivity index (χ4n) is 3.24. The normalized spacial score (nSPS) is 19.4. The maximum Gasteiger partial charge on any atom is 0.260 e. The molecule has 1 atom stereocenters. The van der Waals surface area contributed by atoms with Crippen LogP contribution in [0, 0.1) is 5.41 Å². The van der Waals surface area contributed by atoms with Crippen molar-refractivity contribution < 1.29 is 0 Å². The first-order chi connectivity index (χ1) is 9.94. The van der Waals surface area contributed by atoms with Crippen LogP contribution in [0.15, 0.2) is 29.1 Å². The minimum absolute atomic E-state index is 0.0444. The number of nitrogens with zero attached hydrogens (tertiary/aromatic N) is 2. The van der Waals surface area contributed by atoms with Crippen LogP contribution in [0.2, 0.25) is 0 Å². The van der Waals surface area contributed by atoms with Crippen molar-refractivity contribution in [3.63, 3.8) is 0 Å². The van der Waals surface area contributed by atoms with Crippen molar-refractivity contribution in [2.24, 2.45) is 5.41 Å². The lowest BCUT2D eigenvalue weighted by molar-refractivity contribution is 0.338. The third-order valence-electron chi connectivity index (χ3n) is 4.10. The molecule has 0 amide bonds. The van der Waals surface area contributed by atoms with Crippen molar-refractivity contribution in [2.75, 3.05) is 11.4 Å². The monoisotopic (exact) mass is 285 g/mol. The molecule has 0 spiro atoms. The maximum absolute atomic E-state index is 12.2. The quantitative estimate of drug-likeness (QED) is 0.920. The van der Waals surface area contributed by atoms with E-state index in [-0.39, 0.29) is 11.0 Å². The third kappa shape index (κ3) is 2.94. The zero-order valence-corrected chi connectivity index (χ0v) is 13.0. The number of benzene rings is 1. The summed E-state index contributed by atoms with van der Waals surface area (Å²) in [5, 5.41) is 0.660. The van der Waals surface area contributed by atoms with Gasteiger partial charge in [-0.3, -0.25) is 9.78 Å². The predicted molar refractivity (Wildman–Crippen MR) is 86.8 cm³/mol. The maximum atomic E-state index is 12.2. The van der Waals surface area contributed by atoms with Gasteiger partial charge in [0.05, 0.1) is 10.9 Å². The van der Waals surface area contributed by atoms with Crippen molar-refractivity contribution in [1.82, 2.24) is 9.97 Å². The fourth-order valence-corrected chi connectivity index (χ4v) is 3.24. The SMILES string of the molecule is CC(C)(C)CC1CCCN1c1nc2ccccc2c(=O)[nH]1. The Bertz CT molecular complexity index is 699. The zero-order chi connectivity index (χ0) is 15.0. The fraction of sp³-hybridized carbons (Fsp3) is 0.529. The predicted octanol–water partition coefficient (Wildman–Crippen LogP) is 3.33. The van der Waals surface area contributed by atoms with Crippen LogP contribution in [0.1, 0.15) is 40.0 Å². The summed E-state index contributed by atoms with van der Waals surface area (Å²) in [6.45, 7) is 7.77. The number of aromatic amines is 1. The van der Waals surface area contributed by atoms with Crippen LogP contribution >= 0.6 is 0 Å². The van der Waals surface area contributed by atoms with Crippen LogP contribution in [-0.4, -0.2) is 22.6 Å². The van der Waals surface area contributed by atoms with Gasteiger partial charge in [-0.15, -0.1) is 0 Å². The Kier molecular flexibility index (Phi) is 3.47. The van der Waals surface area contributed by atoms with Crippen LogP contribution in [0.5, 0.6) is 0 Å². The Morgan fingerprint density at radius 2 is 2.10 bits per heavy atom. The molecule has 4 heteroatoms. The topological polar surface area (TPSA) is 49.0 Å². The van der Waals surface area contributed by atoms with Crippen molar-refractivity contribution in [3.05, 3.63) is 34.6 Å². The summed E-state index contributed by atoms with van der Waals surface area (Å²) in [6.07, 6.45) is 3.45. The van der Waals surface area contributed by atoms with Crippen molar-refractivity contribution in [2.45, 2.75) is 46.1 Å². The molecule has 0 aliphatic carbocycles. The lowest BCUT2D eigenvalue weighted by atomic mass is 9.87. The molecule has 3 rings (SSSR count). The number of para-hydroxylation sites is 1. The molecule has 0 saturated carbocycles. The summed E-state index contributed by atoms with van der Waals surface area (Å²) in [5.41, 5.74) is 1.01. The number of aromatic nitrogens is 2. The highest BCUT2D eigenvalue weighted by Gasteiger charge is 2.30. The van der Waals surface area contributed by atoms with E-state index in [1.54, 1.807) is 0 Å². The number of fused-ring (bicyclic) bond motifs is 1. The van der Waals surface area contributed by atoms with Crippen LogP contribution in [0.3, 0.4) is 0 Å². The van der Waals surface area contributed by atoms with Gasteiger partial charge in [-0.2, -0.15) is 0 Å². The van der Waals surface area contributed by atoms with E-state index in [9.17, 15) is 4.79 Å². The second kappa shape index (κ2) is 5.17. The number of anilines is 1. The molecular formula is C17H23N3O. The largest absolute Gasteiger partial charge is 0.339 e. The van der Waals surface area contributed by atoms with E-state index in [1.165, 1.54) is 6.42 Å². The minimum atomic E-state index is -0.0444. The first-order valence-corrected chi connectivity index (χ1v) is 7.70. The molecule has 21 heavy (non-hydrogen) atoms. The summed E-state index contributed by atoms with van der Waals surface area (Å²) in [7, 11) is 0. The van der Waals surface area contributed by atoms with E-state index in [0.717, 1.165) is 30.9 Å². The average molecular weight is 285 g/mol. The van der Waals surface area contributed by atoms with E-state index in [2.05, 4.69) is 35.6 Å². The second-order valence-electron chi connectivity index (χ2n) is 7.16. The van der Waals surface area contributed by atoms with E-state index < -0.39 is 0 Å². The molecule has 1 aromatic heterocycles. The molecule has 1 N–H and O–H groups in total. The summed E-state index contributed by atoms with van der Waals surface area (Å²) in [4.78, 5) is 22.1. The van der Waals surface area contributed by atoms with Gasteiger partial charge in [0.2, 0.25) is 5.95 Å². The molecule has 112 valence electrons. The average Bonchev–Trinajstić information content (AvgIpc) is 2.84. The lowest BCUT2D eigenvalue weighted by Crippen LogP contribution is -2.35. The van der Waals surface area contributed by atoms with Crippen molar-refractivity contribution >= 4 is 16.9 Å². The van der Waals surface area contributed by atoms with Crippen LogP contribution < -0.4 is 10.5 Å². The summed E-state index contributed by atoms with van der Waals surface area (Å²) >= 11 is 0. The molecule has 0 bridgehead atoms. The second-order valence-corrected chi connectivity index (χ2v) is 7.16. The highest BCUT2D eigenvalue weighted by atomic mass is 16.1. The molecule has 2 heterocycles. The van der Waals surface area contributed by atoms with Gasteiger partial charge < -0.3 is 4.90 Å². The van der Waals surface area contributed by atoms with Crippen LogP contribution in [0.4, 0.5) is 5.95 Å². The Morgan fingerprint density at radius 1 is 1.33 bits per heavy atom. The van der Waals surface area contributed by atoms with E-state index >= 15 is 0 Å². The molecule has 1 aromatic carbocycles. The third-order valence-corrected chi connectivity index (χ3v) is 4.10. The van der Waals surface area contributed by atoms with Gasteiger partial charge in [0.25, 0.3) is 5.56 Å². The molecule has 0 radical (unpaired) electrons. The van der Waals surface area contributed by atoms with Gasteiger partial charge >= 0.3 is 0 Å². The molecular weight excluding hydrogens is 262 g/mol. The van der Waals surface area contributed by atoms with Crippen LogP contribution in [0.25, 0.3) is 10.9 Å². The summed E-state index contributed by atoms with van der Waals surface area (Å²) < 4.78 is 0. The summed E-state index contributed by atoms with van der Waals surface area (Å²) in [5.74, 6) is 0.727. The summed E-state index contributed by atoms with van der Waals surface area (Å²) in [6, 6.07) is 7.99. The minimum Gasteiger partial charge on any atom is -0.339 e. The molecule has 1 saturated heterocycles. The van der Waals surface area contributed by atoms with Crippen molar-refractivity contribution in [3.8, 4) is 0 Å². The number of hydrogen-bond acceptors (Lipinski definition) is 3. The number of H-pyrrole nitrogens is 1. The molecule has 1 fully saturated rings. The Labute approximate surface area is 125 Å². The van der Waals surface area contributed by atoms with Gasteiger partial charge in [-0.25, -0.2) is 4.98 Å². The Morgan fingerprint density at radius 3 is 2.86 bits per heavy atom. The van der Waals surface area contributed by atoms with Gasteiger partial charge in [0.1, 0.15) is 0 Å². The zero-order valence-electron chi connectivity index (χ0n) is 13.0. The molecule has 1 aliphatic heterocycles. The number of nitrogens with one attached hydrogen (secondary N) is 1. The van der Waals surface area contributed by atoms with Crippen molar-refractivity contribution in [1.29, 1.82) is 0 Å². The Hall–Kier alpha value is -1.84. The van der Waals surface area contributed by atoms with Gasteiger partial charge in [-0.05, 0) is 36.8 Å². The smallest absolute Gasteiger partial charge is 0.260 e. The van der Waals surface area contributed by atoms with E-state index in [0.29, 0.717) is 11.4 Å². The number of hydrogen-bond donors (Lipinski definition) is 1. The highest BCUT2D eigenvalue weighted by Crippen LogP contribution is 2.31. The first kappa shape index (κ1) is 14.1. The van der Waals surface area contributed by atoms with Gasteiger partial charge in [-0.1, -0.05) is 32.9 Å². The molecule has 4 nitrogen and oxygen atoms in total. The Balaban J connectivity index is 1.97. The van der Waals surface area contributed by atoms with E-state index in [1.807, 2.05) is 24.3 Å². The lowest BCUT2D eigenvalue weighted by Gasteiger charge is -2.30. The van der Waals surface area contributed by atoms with E-state index in [4.69, 9.17) is 0 Å². The van der Waals surface area contributed by atoms with Gasteiger partial charge in [0, 0.05) is 12.6 Å². The highest BCUT2D eigenvalue weighted by molar-refractivity contribution is 5.78. The molecule has 2 aromatic rings. The number of rotatable bonds is 2. The standard InChI is InChI=1S/C17H23N3O/c1-17(2,3)11-12-7-6-10-20(12)16-18-14-9-5-4-8-13(14)15(21)19-16/h4-5,8-9,12H,6-7,10-11H2,1-3H3,(H,18,19,21). The molecule has 1 unspecified atom stereocenters. The van der Waals surface area contributed by atoms with Gasteiger partial charge in [0.15, 0.2) is 0 Å². The first-order valence-electron chi connectivity index (χ1n) is 7.70.